The average molecular weight is 499 g/mol. The molecule has 2 rings (SSSR count). The first-order valence-electron chi connectivity index (χ1n) is 8.98. The van der Waals surface area contributed by atoms with Gasteiger partial charge in [0, 0.05) is 19.2 Å². The molecule has 2 N–H and O–H groups in total. The number of aliphatic imine (C=N–C) groups is 1. The molecule has 0 amide bonds. The molecule has 1 aromatic rings. The van der Waals surface area contributed by atoms with E-state index in [0.717, 1.165) is 38.1 Å². The Morgan fingerprint density at radius 1 is 1.30 bits per heavy atom. The molecule has 0 aliphatic carbocycles. The first-order chi connectivity index (χ1) is 12.7. The molecule has 0 aromatic heterocycles. The summed E-state index contributed by atoms with van der Waals surface area (Å²) < 4.78 is 42.7. The molecule has 1 fully saturated rings. The third kappa shape index (κ3) is 9.52. The van der Waals surface area contributed by atoms with E-state index in [-0.39, 0.29) is 42.4 Å². The van der Waals surface area contributed by atoms with Crippen molar-refractivity contribution in [2.75, 3.05) is 46.1 Å². The number of hydrogen-bond acceptors (Lipinski definition) is 4. The lowest BCUT2D eigenvalue weighted by molar-refractivity contribution is 0.0200. The Labute approximate surface area is 176 Å². The van der Waals surface area contributed by atoms with Crippen molar-refractivity contribution < 1.29 is 23.0 Å². The fourth-order valence-electron chi connectivity index (χ4n) is 2.48. The van der Waals surface area contributed by atoms with Crippen molar-refractivity contribution in [3.63, 3.8) is 0 Å². The zero-order valence-corrected chi connectivity index (χ0v) is 17.8. The molecule has 1 aliphatic heterocycles. The Balaban J connectivity index is 0.00000364. The van der Waals surface area contributed by atoms with Gasteiger partial charge in [-0.2, -0.15) is 0 Å². The van der Waals surface area contributed by atoms with Gasteiger partial charge in [-0.15, -0.1) is 24.0 Å². The summed E-state index contributed by atoms with van der Waals surface area (Å²) in [6, 6.07) is 3.23. The number of rotatable bonds is 10. The Morgan fingerprint density at radius 3 is 2.85 bits per heavy atom. The molecule has 6 nitrogen and oxygen atoms in total. The molecule has 0 radical (unpaired) electrons. The molecule has 0 bridgehead atoms. The van der Waals surface area contributed by atoms with Crippen molar-refractivity contribution in [1.29, 1.82) is 0 Å². The van der Waals surface area contributed by atoms with Gasteiger partial charge in [0.25, 0.3) is 0 Å². The minimum absolute atomic E-state index is 0. The molecule has 0 saturated carbocycles. The number of benzene rings is 1. The predicted octanol–water partition coefficient (Wildman–Crippen LogP) is 2.71. The maximum atomic E-state index is 13.5. The molecule has 1 unspecified atom stereocenters. The number of guanidine groups is 1. The summed E-state index contributed by atoms with van der Waals surface area (Å²) in [7, 11) is 0. The zero-order chi connectivity index (χ0) is 18.6. The minimum Gasteiger partial charge on any atom is -0.489 e. The second-order valence-corrected chi connectivity index (χ2v) is 5.82. The largest absolute Gasteiger partial charge is 0.489 e. The van der Waals surface area contributed by atoms with E-state index in [4.69, 9.17) is 14.2 Å². The van der Waals surface area contributed by atoms with Gasteiger partial charge in [-0.25, -0.2) is 8.78 Å². The van der Waals surface area contributed by atoms with Gasteiger partial charge in [0.15, 0.2) is 17.5 Å². The number of hydrogen-bond donors (Lipinski definition) is 2. The van der Waals surface area contributed by atoms with Crippen molar-refractivity contribution in [1.82, 2.24) is 10.6 Å². The van der Waals surface area contributed by atoms with E-state index in [2.05, 4.69) is 15.6 Å². The summed E-state index contributed by atoms with van der Waals surface area (Å²) in [5.41, 5.74) is 0. The Hall–Kier alpha value is -1.20. The lowest BCUT2D eigenvalue weighted by atomic mass is 10.2. The molecule has 1 atom stereocenters. The number of nitrogens with one attached hydrogen (secondary N) is 2. The van der Waals surface area contributed by atoms with E-state index in [1.807, 2.05) is 6.92 Å². The van der Waals surface area contributed by atoms with Gasteiger partial charge >= 0.3 is 0 Å². The SMILES string of the molecule is CCNC(=NCCOCC1CCCO1)NCCOc1ccc(F)cc1F.I. The van der Waals surface area contributed by atoms with Gasteiger partial charge in [0.1, 0.15) is 12.4 Å². The highest BCUT2D eigenvalue weighted by molar-refractivity contribution is 14.0. The predicted molar refractivity (Wildman–Crippen MR) is 111 cm³/mol. The van der Waals surface area contributed by atoms with Crippen LogP contribution in [0, 0.1) is 11.6 Å². The van der Waals surface area contributed by atoms with E-state index >= 15 is 0 Å². The maximum Gasteiger partial charge on any atom is 0.191 e. The average Bonchev–Trinajstić information content (AvgIpc) is 3.13. The second-order valence-electron chi connectivity index (χ2n) is 5.82. The zero-order valence-electron chi connectivity index (χ0n) is 15.5. The molecule has 1 aromatic carbocycles. The Bertz CT molecular complexity index is 573. The third-order valence-corrected chi connectivity index (χ3v) is 3.72. The van der Waals surface area contributed by atoms with E-state index in [1.165, 1.54) is 6.07 Å². The standard InChI is InChI=1S/C18H27F2N3O3.HI/c1-2-21-18(22-7-10-24-13-15-4-3-9-25-15)23-8-11-26-17-6-5-14(19)12-16(17)20;/h5-6,12,15H,2-4,7-11,13H2,1H3,(H2,21,22,23);1H. The second kappa shape index (κ2) is 13.9. The van der Waals surface area contributed by atoms with Crippen LogP contribution >= 0.6 is 24.0 Å². The van der Waals surface area contributed by atoms with Crippen LogP contribution in [-0.4, -0.2) is 58.1 Å². The molecular formula is C18H28F2IN3O3. The fraction of sp³-hybridized carbons (Fsp3) is 0.611. The highest BCUT2D eigenvalue weighted by Gasteiger charge is 2.14. The highest BCUT2D eigenvalue weighted by Crippen LogP contribution is 2.17. The van der Waals surface area contributed by atoms with Crippen LogP contribution in [0.3, 0.4) is 0 Å². The van der Waals surface area contributed by atoms with Gasteiger partial charge in [-0.3, -0.25) is 4.99 Å². The van der Waals surface area contributed by atoms with Crippen molar-refractivity contribution in [3.05, 3.63) is 29.8 Å². The van der Waals surface area contributed by atoms with Gasteiger partial charge in [0.2, 0.25) is 0 Å². The molecule has 1 heterocycles. The topological polar surface area (TPSA) is 64.1 Å². The van der Waals surface area contributed by atoms with Crippen molar-refractivity contribution in [2.24, 2.45) is 4.99 Å². The summed E-state index contributed by atoms with van der Waals surface area (Å²) in [4.78, 5) is 4.40. The van der Waals surface area contributed by atoms with E-state index in [9.17, 15) is 8.78 Å². The van der Waals surface area contributed by atoms with E-state index in [1.54, 1.807) is 0 Å². The third-order valence-electron chi connectivity index (χ3n) is 3.72. The number of halogens is 3. The monoisotopic (exact) mass is 499 g/mol. The molecule has 9 heteroatoms. The first-order valence-corrected chi connectivity index (χ1v) is 8.98. The highest BCUT2D eigenvalue weighted by atomic mass is 127. The molecule has 154 valence electrons. The van der Waals surface area contributed by atoms with Gasteiger partial charge < -0.3 is 24.8 Å². The molecule has 27 heavy (non-hydrogen) atoms. The maximum absolute atomic E-state index is 13.5. The number of ether oxygens (including phenoxy) is 3. The Morgan fingerprint density at radius 2 is 2.15 bits per heavy atom. The van der Waals surface area contributed by atoms with Crippen LogP contribution in [0.4, 0.5) is 8.78 Å². The number of nitrogens with zero attached hydrogens (tertiary/aromatic N) is 1. The van der Waals surface area contributed by atoms with Gasteiger partial charge in [-0.1, -0.05) is 0 Å². The van der Waals surface area contributed by atoms with E-state index < -0.39 is 11.6 Å². The summed E-state index contributed by atoms with van der Waals surface area (Å²) in [5, 5.41) is 6.20. The first kappa shape index (κ1) is 23.8. The van der Waals surface area contributed by atoms with Crippen molar-refractivity contribution in [3.8, 4) is 5.75 Å². The normalized spacial score (nSPS) is 16.7. The summed E-state index contributed by atoms with van der Waals surface area (Å²) in [5.74, 6) is -0.681. The van der Waals surface area contributed by atoms with Crippen molar-refractivity contribution in [2.45, 2.75) is 25.9 Å². The Kier molecular flexibility index (Phi) is 12.3. The van der Waals surface area contributed by atoms with Crippen LogP contribution in [0.5, 0.6) is 5.75 Å². The molecular weight excluding hydrogens is 471 g/mol. The quantitative estimate of drug-likeness (QED) is 0.225. The lowest BCUT2D eigenvalue weighted by Crippen LogP contribution is -2.39. The van der Waals surface area contributed by atoms with E-state index in [0.29, 0.717) is 32.3 Å². The molecule has 1 saturated heterocycles. The van der Waals surface area contributed by atoms with Gasteiger partial charge in [0.05, 0.1) is 32.4 Å². The van der Waals surface area contributed by atoms with Crippen LogP contribution < -0.4 is 15.4 Å². The van der Waals surface area contributed by atoms with Crippen LogP contribution in [-0.2, 0) is 9.47 Å². The van der Waals surface area contributed by atoms with Crippen LogP contribution in [0.2, 0.25) is 0 Å². The summed E-state index contributed by atoms with van der Waals surface area (Å²) >= 11 is 0. The van der Waals surface area contributed by atoms with Crippen LogP contribution in [0.25, 0.3) is 0 Å². The minimum atomic E-state index is -0.714. The van der Waals surface area contributed by atoms with Crippen molar-refractivity contribution >= 4 is 29.9 Å². The molecule has 1 aliphatic rings. The fourth-order valence-corrected chi connectivity index (χ4v) is 2.48. The smallest absolute Gasteiger partial charge is 0.191 e. The van der Waals surface area contributed by atoms with Crippen LogP contribution in [0.15, 0.2) is 23.2 Å². The molecule has 0 spiro atoms. The lowest BCUT2D eigenvalue weighted by Gasteiger charge is -2.13. The van der Waals surface area contributed by atoms with Gasteiger partial charge in [-0.05, 0) is 31.9 Å². The van der Waals surface area contributed by atoms with Crippen LogP contribution in [0.1, 0.15) is 19.8 Å². The summed E-state index contributed by atoms with van der Waals surface area (Å²) in [6.07, 6.45) is 2.38. The summed E-state index contributed by atoms with van der Waals surface area (Å²) in [6.45, 7) is 5.82.